The second-order valence-corrected chi connectivity index (χ2v) is 7.00. The summed E-state index contributed by atoms with van der Waals surface area (Å²) >= 11 is 0. The van der Waals surface area contributed by atoms with Gasteiger partial charge < -0.3 is 10.1 Å². The molecule has 138 valence electrons. The Labute approximate surface area is 152 Å². The minimum atomic E-state index is -0.705. The van der Waals surface area contributed by atoms with Gasteiger partial charge in [-0.05, 0) is 24.5 Å². The van der Waals surface area contributed by atoms with Crippen LogP contribution in [0.15, 0.2) is 41.2 Å². The summed E-state index contributed by atoms with van der Waals surface area (Å²) in [7, 11) is 0. The first-order chi connectivity index (χ1) is 12.2. The molecule has 0 saturated heterocycles. The van der Waals surface area contributed by atoms with Crippen molar-refractivity contribution in [3.8, 4) is 5.69 Å². The van der Waals surface area contributed by atoms with Crippen molar-refractivity contribution in [2.24, 2.45) is 5.41 Å². The summed E-state index contributed by atoms with van der Waals surface area (Å²) in [5.41, 5.74) is -0.251. The lowest BCUT2D eigenvalue weighted by Crippen LogP contribution is -2.28. The van der Waals surface area contributed by atoms with Gasteiger partial charge in [0.15, 0.2) is 5.69 Å². The fraction of sp³-hybridized carbons (Fsp3) is 0.368. The van der Waals surface area contributed by atoms with E-state index in [1.165, 1.54) is 6.07 Å². The summed E-state index contributed by atoms with van der Waals surface area (Å²) in [5.74, 6) is -1.01. The van der Waals surface area contributed by atoms with Crippen LogP contribution in [0.3, 0.4) is 0 Å². The lowest BCUT2D eigenvalue weighted by Gasteiger charge is -2.18. The molecule has 1 heterocycles. The highest BCUT2D eigenvalue weighted by atomic mass is 16.5. The first-order valence-electron chi connectivity index (χ1n) is 8.38. The van der Waals surface area contributed by atoms with Gasteiger partial charge in [0, 0.05) is 12.5 Å². The van der Waals surface area contributed by atoms with Crippen LogP contribution in [0, 0.1) is 5.41 Å². The van der Waals surface area contributed by atoms with Gasteiger partial charge in [-0.15, -0.1) is 0 Å². The Kier molecular flexibility index (Phi) is 5.92. The molecule has 7 heteroatoms. The Balaban J connectivity index is 2.47. The second-order valence-electron chi connectivity index (χ2n) is 7.00. The zero-order valence-electron chi connectivity index (χ0n) is 15.4. The summed E-state index contributed by atoms with van der Waals surface area (Å²) in [6.07, 6.45) is 0.233. The van der Waals surface area contributed by atoms with Crippen LogP contribution in [0.5, 0.6) is 0 Å². The summed E-state index contributed by atoms with van der Waals surface area (Å²) in [6.45, 7) is 7.59. The largest absolute Gasteiger partial charge is 0.461 e. The third-order valence-corrected chi connectivity index (χ3v) is 3.37. The highest BCUT2D eigenvalue weighted by Gasteiger charge is 2.22. The van der Waals surface area contributed by atoms with E-state index in [1.54, 1.807) is 31.2 Å². The second kappa shape index (κ2) is 7.95. The topological polar surface area (TPSA) is 90.3 Å². The Morgan fingerprint density at radius 2 is 1.85 bits per heavy atom. The molecule has 1 amide bonds. The third-order valence-electron chi connectivity index (χ3n) is 3.37. The summed E-state index contributed by atoms with van der Waals surface area (Å²) in [4.78, 5) is 36.9. The number of hydrogen-bond donors (Lipinski definition) is 1. The van der Waals surface area contributed by atoms with Gasteiger partial charge in [0.2, 0.25) is 5.91 Å². The Morgan fingerprint density at radius 1 is 1.19 bits per heavy atom. The SMILES string of the molecule is CCOC(=O)c1nn(-c2ccccc2)c(=O)cc1NC(=O)CC(C)(C)C. The molecule has 0 aliphatic carbocycles. The van der Waals surface area contributed by atoms with Crippen molar-refractivity contribution < 1.29 is 14.3 Å². The van der Waals surface area contributed by atoms with Crippen molar-refractivity contribution in [1.82, 2.24) is 9.78 Å². The minimum absolute atomic E-state index is 0.0508. The quantitative estimate of drug-likeness (QED) is 0.831. The number of aromatic nitrogens is 2. The maximum absolute atomic E-state index is 12.4. The molecular weight excluding hydrogens is 334 g/mol. The van der Waals surface area contributed by atoms with Gasteiger partial charge in [0.05, 0.1) is 18.0 Å². The summed E-state index contributed by atoms with van der Waals surface area (Å²) < 4.78 is 6.12. The number of esters is 1. The summed E-state index contributed by atoms with van der Waals surface area (Å²) in [5, 5.41) is 6.74. The normalized spacial score (nSPS) is 11.1. The van der Waals surface area contributed by atoms with Gasteiger partial charge in [-0.1, -0.05) is 39.0 Å². The van der Waals surface area contributed by atoms with Crippen molar-refractivity contribution in [3.63, 3.8) is 0 Å². The molecule has 1 aromatic carbocycles. The van der Waals surface area contributed by atoms with E-state index in [0.717, 1.165) is 4.68 Å². The standard InChI is InChI=1S/C19H23N3O4/c1-5-26-18(25)17-14(20-15(23)12-19(2,3)4)11-16(24)22(21-17)13-9-7-6-8-10-13/h6-11H,5,12H2,1-4H3,(H,20,23). The van der Waals surface area contributed by atoms with E-state index >= 15 is 0 Å². The van der Waals surface area contributed by atoms with Crippen molar-refractivity contribution in [3.05, 3.63) is 52.4 Å². The number of carbonyl (C=O) groups is 2. The highest BCUT2D eigenvalue weighted by Crippen LogP contribution is 2.20. The monoisotopic (exact) mass is 357 g/mol. The smallest absolute Gasteiger partial charge is 0.360 e. The van der Waals surface area contributed by atoms with Crippen molar-refractivity contribution in [2.75, 3.05) is 11.9 Å². The highest BCUT2D eigenvalue weighted by molar-refractivity contribution is 5.99. The number of ether oxygens (including phenoxy) is 1. The molecule has 1 N–H and O–H groups in total. The van der Waals surface area contributed by atoms with Gasteiger partial charge in [-0.25, -0.2) is 4.79 Å². The molecule has 0 spiro atoms. The number of benzene rings is 1. The average Bonchev–Trinajstić information content (AvgIpc) is 2.54. The maximum atomic E-state index is 12.4. The zero-order valence-corrected chi connectivity index (χ0v) is 15.4. The zero-order chi connectivity index (χ0) is 19.3. The van der Waals surface area contributed by atoms with Crippen LogP contribution < -0.4 is 10.9 Å². The predicted molar refractivity (Wildman–Crippen MR) is 98.5 cm³/mol. The van der Waals surface area contributed by atoms with Crippen LogP contribution in [-0.4, -0.2) is 28.3 Å². The molecule has 7 nitrogen and oxygen atoms in total. The van der Waals surface area contributed by atoms with E-state index in [2.05, 4.69) is 10.4 Å². The number of hydrogen-bond acceptors (Lipinski definition) is 5. The molecule has 0 radical (unpaired) electrons. The molecule has 0 aliphatic heterocycles. The third kappa shape index (κ3) is 5.02. The van der Waals surface area contributed by atoms with Crippen LogP contribution in [0.25, 0.3) is 5.69 Å². The van der Waals surface area contributed by atoms with E-state index in [-0.39, 0.29) is 35.7 Å². The summed E-state index contributed by atoms with van der Waals surface area (Å²) in [6, 6.07) is 9.90. The van der Waals surface area contributed by atoms with E-state index in [0.29, 0.717) is 5.69 Å². The number of para-hydroxylation sites is 1. The molecule has 0 saturated carbocycles. The van der Waals surface area contributed by atoms with E-state index in [9.17, 15) is 14.4 Å². The van der Waals surface area contributed by atoms with Crippen LogP contribution >= 0.6 is 0 Å². The van der Waals surface area contributed by atoms with E-state index in [4.69, 9.17) is 4.74 Å². The van der Waals surface area contributed by atoms with Gasteiger partial charge in [0.1, 0.15) is 0 Å². The molecular formula is C19H23N3O4. The van der Waals surface area contributed by atoms with Crippen LogP contribution in [0.4, 0.5) is 5.69 Å². The van der Waals surface area contributed by atoms with E-state index in [1.807, 2.05) is 26.8 Å². The van der Waals surface area contributed by atoms with Gasteiger partial charge in [0.25, 0.3) is 5.56 Å². The van der Waals surface area contributed by atoms with Gasteiger partial charge in [-0.3, -0.25) is 9.59 Å². The molecule has 26 heavy (non-hydrogen) atoms. The van der Waals surface area contributed by atoms with Crippen molar-refractivity contribution in [2.45, 2.75) is 34.1 Å². The minimum Gasteiger partial charge on any atom is -0.461 e. The Bertz CT molecular complexity index is 851. The number of anilines is 1. The van der Waals surface area contributed by atoms with Crippen LogP contribution in [-0.2, 0) is 9.53 Å². The number of carbonyl (C=O) groups excluding carboxylic acids is 2. The number of amides is 1. The molecule has 0 aliphatic rings. The molecule has 0 unspecified atom stereocenters. The molecule has 2 rings (SSSR count). The molecule has 0 atom stereocenters. The number of nitrogens with one attached hydrogen (secondary N) is 1. The van der Waals surface area contributed by atoms with Crippen LogP contribution in [0.2, 0.25) is 0 Å². The van der Waals surface area contributed by atoms with E-state index < -0.39 is 11.5 Å². The molecule has 0 fully saturated rings. The maximum Gasteiger partial charge on any atom is 0.360 e. The predicted octanol–water partition coefficient (Wildman–Crippen LogP) is 2.78. The Morgan fingerprint density at radius 3 is 2.42 bits per heavy atom. The van der Waals surface area contributed by atoms with Gasteiger partial charge in [-0.2, -0.15) is 9.78 Å². The number of rotatable bonds is 5. The lowest BCUT2D eigenvalue weighted by molar-refractivity contribution is -0.117. The fourth-order valence-corrected chi connectivity index (χ4v) is 2.33. The molecule has 1 aromatic heterocycles. The fourth-order valence-electron chi connectivity index (χ4n) is 2.33. The first-order valence-corrected chi connectivity index (χ1v) is 8.38. The lowest BCUT2D eigenvalue weighted by atomic mass is 9.92. The Hall–Kier alpha value is -2.96. The number of nitrogens with zero attached hydrogens (tertiary/aromatic N) is 2. The van der Waals surface area contributed by atoms with Crippen LogP contribution in [0.1, 0.15) is 44.6 Å². The average molecular weight is 357 g/mol. The van der Waals surface area contributed by atoms with Crippen molar-refractivity contribution >= 4 is 17.6 Å². The van der Waals surface area contributed by atoms with Gasteiger partial charge >= 0.3 is 5.97 Å². The molecule has 0 bridgehead atoms. The van der Waals surface area contributed by atoms with Crippen molar-refractivity contribution in [1.29, 1.82) is 0 Å². The molecule has 2 aromatic rings. The first kappa shape index (κ1) is 19.4.